The average molecular weight is 340 g/mol. The molecule has 118 valence electrons. The lowest BCUT2D eigenvalue weighted by Gasteiger charge is -2.17. The van der Waals surface area contributed by atoms with Crippen LogP contribution >= 0.6 is 0 Å². The largest absolute Gasteiger partial charge is 0.265 e. The maximum atomic E-state index is 12.4. The number of benzene rings is 2. The van der Waals surface area contributed by atoms with Gasteiger partial charge in [-0.2, -0.15) is 8.42 Å². The molecule has 0 saturated carbocycles. The monoisotopic (exact) mass is 340 g/mol. The van der Waals surface area contributed by atoms with Crippen molar-refractivity contribution in [2.24, 2.45) is 0 Å². The minimum atomic E-state index is -3.79. The van der Waals surface area contributed by atoms with Crippen molar-refractivity contribution in [1.82, 2.24) is 0 Å². The van der Waals surface area contributed by atoms with Crippen LogP contribution in [0.2, 0.25) is 0 Å². The minimum Gasteiger partial charge on any atom is -0.261 e. The highest BCUT2D eigenvalue weighted by molar-refractivity contribution is 7.91. The molecule has 0 amide bonds. The van der Waals surface area contributed by atoms with E-state index in [1.807, 2.05) is 0 Å². The van der Waals surface area contributed by atoms with Crippen LogP contribution in [0.25, 0.3) is 0 Å². The Labute approximate surface area is 130 Å². The average Bonchev–Trinajstić information content (AvgIpc) is 2.47. The van der Waals surface area contributed by atoms with Crippen LogP contribution in [0.4, 0.5) is 0 Å². The first-order chi connectivity index (χ1) is 10.3. The Bertz CT molecular complexity index is 813. The first-order valence-corrected chi connectivity index (χ1v) is 9.96. The standard InChI is InChI=1S/C15H16O5S2/c1-21(16,17)20-15(13-8-4-2-5-9-13)12-22(18,19)14-10-6-3-7-11-14/h2-11,15H,12H2,1H3. The zero-order chi connectivity index (χ0) is 16.2. The second-order valence-electron chi connectivity index (χ2n) is 4.79. The van der Waals surface area contributed by atoms with Crippen molar-refractivity contribution in [3.63, 3.8) is 0 Å². The molecule has 0 N–H and O–H groups in total. The number of hydrogen-bond acceptors (Lipinski definition) is 5. The fraction of sp³-hybridized carbons (Fsp3) is 0.200. The van der Waals surface area contributed by atoms with Gasteiger partial charge in [-0.3, -0.25) is 4.18 Å². The lowest BCUT2D eigenvalue weighted by molar-refractivity contribution is 0.239. The summed E-state index contributed by atoms with van der Waals surface area (Å²) in [6.45, 7) is 0. The highest BCUT2D eigenvalue weighted by atomic mass is 32.2. The van der Waals surface area contributed by atoms with Gasteiger partial charge < -0.3 is 0 Å². The molecule has 0 aliphatic rings. The Kier molecular flexibility index (Phi) is 5.00. The SMILES string of the molecule is CS(=O)(=O)OC(CS(=O)(=O)c1ccccc1)c1ccccc1. The van der Waals surface area contributed by atoms with Gasteiger partial charge in [0.2, 0.25) is 0 Å². The van der Waals surface area contributed by atoms with E-state index in [0.29, 0.717) is 5.56 Å². The molecule has 0 bridgehead atoms. The zero-order valence-electron chi connectivity index (χ0n) is 11.9. The summed E-state index contributed by atoms with van der Waals surface area (Å²) >= 11 is 0. The summed E-state index contributed by atoms with van der Waals surface area (Å²) in [5.74, 6) is -0.450. The van der Waals surface area contributed by atoms with E-state index in [4.69, 9.17) is 4.18 Å². The normalized spacial score (nSPS) is 13.7. The van der Waals surface area contributed by atoms with Gasteiger partial charge in [-0.05, 0) is 17.7 Å². The Morgan fingerprint density at radius 1 is 0.864 bits per heavy atom. The molecule has 22 heavy (non-hydrogen) atoms. The van der Waals surface area contributed by atoms with Crippen LogP contribution in [0.1, 0.15) is 11.7 Å². The van der Waals surface area contributed by atoms with Crippen molar-refractivity contribution in [1.29, 1.82) is 0 Å². The Balaban J connectivity index is 2.35. The van der Waals surface area contributed by atoms with Crippen molar-refractivity contribution in [3.8, 4) is 0 Å². The van der Waals surface area contributed by atoms with Crippen molar-refractivity contribution in [3.05, 3.63) is 66.2 Å². The van der Waals surface area contributed by atoms with E-state index in [-0.39, 0.29) is 4.90 Å². The molecule has 2 aromatic carbocycles. The van der Waals surface area contributed by atoms with Crippen molar-refractivity contribution in [2.75, 3.05) is 12.0 Å². The molecule has 0 fully saturated rings. The summed E-state index contributed by atoms with van der Waals surface area (Å²) in [6.07, 6.45) is -0.181. The van der Waals surface area contributed by atoms with Crippen molar-refractivity contribution < 1.29 is 21.0 Å². The smallest absolute Gasteiger partial charge is 0.261 e. The zero-order valence-corrected chi connectivity index (χ0v) is 13.5. The predicted octanol–water partition coefficient (Wildman–Crippen LogP) is 2.18. The van der Waals surface area contributed by atoms with Crippen LogP contribution in [0.15, 0.2) is 65.6 Å². The van der Waals surface area contributed by atoms with Gasteiger partial charge >= 0.3 is 0 Å². The van der Waals surface area contributed by atoms with E-state index in [1.165, 1.54) is 12.1 Å². The van der Waals surface area contributed by atoms with Gasteiger partial charge in [-0.25, -0.2) is 8.42 Å². The Morgan fingerprint density at radius 2 is 1.36 bits per heavy atom. The highest BCUT2D eigenvalue weighted by Gasteiger charge is 2.26. The van der Waals surface area contributed by atoms with Crippen LogP contribution in [0, 0.1) is 0 Å². The molecule has 0 aliphatic heterocycles. The van der Waals surface area contributed by atoms with Crippen LogP contribution in [-0.4, -0.2) is 28.8 Å². The van der Waals surface area contributed by atoms with Crippen molar-refractivity contribution >= 4 is 20.0 Å². The van der Waals surface area contributed by atoms with Gasteiger partial charge in [0.05, 0.1) is 16.9 Å². The molecule has 0 saturated heterocycles. The molecule has 0 heterocycles. The summed E-state index contributed by atoms with van der Waals surface area (Å²) in [7, 11) is -7.46. The van der Waals surface area contributed by atoms with E-state index in [2.05, 4.69) is 0 Å². The van der Waals surface area contributed by atoms with Gasteiger partial charge in [0.25, 0.3) is 10.1 Å². The molecule has 0 aromatic heterocycles. The molecule has 2 aromatic rings. The number of sulfone groups is 1. The second kappa shape index (κ2) is 6.60. The van der Waals surface area contributed by atoms with Gasteiger partial charge in [0.1, 0.15) is 6.10 Å². The number of rotatable bonds is 6. The maximum absolute atomic E-state index is 12.4. The van der Waals surface area contributed by atoms with Crippen LogP contribution < -0.4 is 0 Å². The second-order valence-corrected chi connectivity index (χ2v) is 8.43. The van der Waals surface area contributed by atoms with Crippen molar-refractivity contribution in [2.45, 2.75) is 11.0 Å². The molecule has 1 unspecified atom stereocenters. The van der Waals surface area contributed by atoms with E-state index in [1.54, 1.807) is 48.5 Å². The summed E-state index contributed by atoms with van der Waals surface area (Å²) in [5, 5.41) is 0. The summed E-state index contributed by atoms with van der Waals surface area (Å²) in [6, 6.07) is 16.3. The molecule has 5 nitrogen and oxygen atoms in total. The molecule has 0 radical (unpaired) electrons. The third-order valence-electron chi connectivity index (χ3n) is 2.94. The van der Waals surface area contributed by atoms with E-state index in [0.717, 1.165) is 6.26 Å². The summed E-state index contributed by atoms with van der Waals surface area (Å²) in [4.78, 5) is 0.132. The molecular formula is C15H16O5S2. The maximum Gasteiger partial charge on any atom is 0.265 e. The lowest BCUT2D eigenvalue weighted by Crippen LogP contribution is -2.20. The van der Waals surface area contributed by atoms with Crippen LogP contribution in [0.3, 0.4) is 0 Å². The van der Waals surface area contributed by atoms with E-state index >= 15 is 0 Å². The Morgan fingerprint density at radius 3 is 1.86 bits per heavy atom. The fourth-order valence-corrected chi connectivity index (χ4v) is 4.09. The minimum absolute atomic E-state index is 0.132. The first kappa shape index (κ1) is 16.7. The topological polar surface area (TPSA) is 77.5 Å². The molecule has 0 spiro atoms. The highest BCUT2D eigenvalue weighted by Crippen LogP contribution is 2.24. The third kappa shape index (κ3) is 4.66. The van der Waals surface area contributed by atoms with Crippen LogP contribution in [0.5, 0.6) is 0 Å². The van der Waals surface area contributed by atoms with Crippen LogP contribution in [-0.2, 0) is 24.1 Å². The quantitative estimate of drug-likeness (QED) is 0.753. The summed E-state index contributed by atoms with van der Waals surface area (Å²) in [5.41, 5.74) is 0.493. The fourth-order valence-electron chi connectivity index (χ4n) is 1.98. The molecule has 1 atom stereocenters. The van der Waals surface area contributed by atoms with E-state index in [9.17, 15) is 16.8 Å². The number of hydrogen-bond donors (Lipinski definition) is 0. The van der Waals surface area contributed by atoms with Gasteiger partial charge in [0.15, 0.2) is 9.84 Å². The molecular weight excluding hydrogens is 324 g/mol. The molecule has 0 aliphatic carbocycles. The third-order valence-corrected chi connectivity index (χ3v) is 5.25. The molecule has 7 heteroatoms. The lowest BCUT2D eigenvalue weighted by atomic mass is 10.1. The predicted molar refractivity (Wildman–Crippen MR) is 83.6 cm³/mol. The Hall–Kier alpha value is -1.70. The van der Waals surface area contributed by atoms with Gasteiger partial charge in [0, 0.05) is 0 Å². The first-order valence-electron chi connectivity index (χ1n) is 6.49. The molecule has 2 rings (SSSR count). The summed E-state index contributed by atoms with van der Waals surface area (Å²) < 4.78 is 52.7. The van der Waals surface area contributed by atoms with Gasteiger partial charge in [-0.1, -0.05) is 48.5 Å². The van der Waals surface area contributed by atoms with Gasteiger partial charge in [-0.15, -0.1) is 0 Å². The van der Waals surface area contributed by atoms with E-state index < -0.39 is 31.8 Å².